The van der Waals surface area contributed by atoms with Gasteiger partial charge in [-0.05, 0) is 31.5 Å². The highest BCUT2D eigenvalue weighted by atomic mass is 35.5. The van der Waals surface area contributed by atoms with Crippen LogP contribution < -0.4 is 10.1 Å². The fourth-order valence-corrected chi connectivity index (χ4v) is 2.82. The third-order valence-electron chi connectivity index (χ3n) is 3.59. The van der Waals surface area contributed by atoms with Gasteiger partial charge in [-0.25, -0.2) is 4.39 Å². The van der Waals surface area contributed by atoms with E-state index < -0.39 is 5.82 Å². The van der Waals surface area contributed by atoms with Crippen LogP contribution >= 0.6 is 11.6 Å². The van der Waals surface area contributed by atoms with Crippen LogP contribution in [0.25, 0.3) is 0 Å². The van der Waals surface area contributed by atoms with Gasteiger partial charge in [0, 0.05) is 18.5 Å². The molecule has 0 unspecified atom stereocenters. The first kappa shape index (κ1) is 14.2. The lowest BCUT2D eigenvalue weighted by Gasteiger charge is -2.18. The number of hydrogen-bond donors (Lipinski definition) is 1. The predicted molar refractivity (Wildman–Crippen MR) is 83.6 cm³/mol. The molecule has 0 saturated carbocycles. The highest BCUT2D eigenvalue weighted by Crippen LogP contribution is 2.37. The van der Waals surface area contributed by atoms with Gasteiger partial charge in [-0.15, -0.1) is 0 Å². The fourth-order valence-electron chi connectivity index (χ4n) is 2.65. The molecule has 3 rings (SSSR count). The second kappa shape index (κ2) is 5.23. The van der Waals surface area contributed by atoms with E-state index in [-0.39, 0.29) is 10.6 Å². The summed E-state index contributed by atoms with van der Waals surface area (Å²) >= 11 is 5.79. The van der Waals surface area contributed by atoms with Crippen molar-refractivity contribution in [2.45, 2.75) is 32.4 Å². The van der Waals surface area contributed by atoms with Crippen molar-refractivity contribution in [1.29, 1.82) is 0 Å². The molecule has 21 heavy (non-hydrogen) atoms. The molecule has 1 N–H and O–H groups in total. The third-order valence-corrected chi connectivity index (χ3v) is 3.89. The number of benzene rings is 2. The maximum absolute atomic E-state index is 13.9. The Bertz CT molecular complexity index is 684. The molecule has 0 amide bonds. The smallest absolute Gasteiger partial charge is 0.164 e. The van der Waals surface area contributed by atoms with Crippen molar-refractivity contribution in [3.05, 3.63) is 58.4 Å². The molecular weight excluding hydrogens is 289 g/mol. The minimum Gasteiger partial charge on any atom is -0.487 e. The van der Waals surface area contributed by atoms with Crippen LogP contribution in [0.2, 0.25) is 5.02 Å². The number of para-hydroxylation sites is 1. The molecule has 1 aliphatic heterocycles. The summed E-state index contributed by atoms with van der Waals surface area (Å²) in [7, 11) is 0. The van der Waals surface area contributed by atoms with E-state index in [0.29, 0.717) is 12.2 Å². The summed E-state index contributed by atoms with van der Waals surface area (Å²) in [5, 5.41) is 3.21. The molecule has 1 heterocycles. The second-order valence-corrected chi connectivity index (χ2v) is 6.31. The van der Waals surface area contributed by atoms with Gasteiger partial charge < -0.3 is 10.1 Å². The van der Waals surface area contributed by atoms with E-state index in [4.69, 9.17) is 16.3 Å². The van der Waals surface area contributed by atoms with E-state index >= 15 is 0 Å². The summed E-state index contributed by atoms with van der Waals surface area (Å²) in [5.41, 5.74) is 2.44. The van der Waals surface area contributed by atoms with Gasteiger partial charge in [0.05, 0.1) is 10.7 Å². The molecule has 0 spiro atoms. The molecule has 2 nitrogen and oxygen atoms in total. The van der Waals surface area contributed by atoms with Gasteiger partial charge in [0.2, 0.25) is 0 Å². The predicted octanol–water partition coefficient (Wildman–Crippen LogP) is 4.80. The van der Waals surface area contributed by atoms with E-state index in [0.717, 1.165) is 17.7 Å². The molecule has 110 valence electrons. The number of hydrogen-bond acceptors (Lipinski definition) is 2. The highest BCUT2D eigenvalue weighted by molar-refractivity contribution is 6.31. The molecular formula is C17H17ClFNO. The summed E-state index contributed by atoms with van der Waals surface area (Å²) < 4.78 is 19.9. The number of ether oxygens (including phenoxy) is 1. The molecule has 2 aromatic rings. The highest BCUT2D eigenvalue weighted by Gasteiger charge is 2.31. The number of fused-ring (bicyclic) bond motifs is 1. The van der Waals surface area contributed by atoms with Gasteiger partial charge in [-0.1, -0.05) is 35.9 Å². The molecule has 0 fully saturated rings. The molecule has 0 atom stereocenters. The van der Waals surface area contributed by atoms with Crippen LogP contribution in [0.4, 0.5) is 10.1 Å². The van der Waals surface area contributed by atoms with Crippen LogP contribution in [0.15, 0.2) is 36.4 Å². The minimum absolute atomic E-state index is 0.121. The zero-order chi connectivity index (χ0) is 15.0. The molecule has 0 aromatic heterocycles. The van der Waals surface area contributed by atoms with Crippen LogP contribution in [0, 0.1) is 5.82 Å². The topological polar surface area (TPSA) is 21.3 Å². The number of nitrogens with one attached hydrogen (secondary N) is 1. The van der Waals surface area contributed by atoms with Gasteiger partial charge in [0.25, 0.3) is 0 Å². The lowest BCUT2D eigenvalue weighted by atomic mass is 10.0. The molecule has 2 aromatic carbocycles. The molecule has 0 saturated heterocycles. The largest absolute Gasteiger partial charge is 0.487 e. The van der Waals surface area contributed by atoms with Gasteiger partial charge in [-0.2, -0.15) is 0 Å². The Kier molecular flexibility index (Phi) is 3.54. The average molecular weight is 306 g/mol. The quantitative estimate of drug-likeness (QED) is 0.879. The van der Waals surface area contributed by atoms with Crippen LogP contribution in [0.3, 0.4) is 0 Å². The fraction of sp³-hybridized carbons (Fsp3) is 0.294. The van der Waals surface area contributed by atoms with Crippen LogP contribution in [0.5, 0.6) is 5.75 Å². The van der Waals surface area contributed by atoms with E-state index in [2.05, 4.69) is 25.2 Å². The zero-order valence-electron chi connectivity index (χ0n) is 12.0. The van der Waals surface area contributed by atoms with E-state index in [9.17, 15) is 4.39 Å². The summed E-state index contributed by atoms with van der Waals surface area (Å²) in [4.78, 5) is 0. The minimum atomic E-state index is -0.423. The summed E-state index contributed by atoms with van der Waals surface area (Å²) in [6.45, 7) is 4.64. The molecule has 0 radical (unpaired) electrons. The Morgan fingerprint density at radius 3 is 2.81 bits per heavy atom. The first-order chi connectivity index (χ1) is 9.96. The maximum atomic E-state index is 13.9. The van der Waals surface area contributed by atoms with Gasteiger partial charge in [-0.3, -0.25) is 0 Å². The third kappa shape index (κ3) is 2.84. The van der Waals surface area contributed by atoms with Crippen molar-refractivity contribution in [1.82, 2.24) is 0 Å². The average Bonchev–Trinajstić information content (AvgIpc) is 2.75. The second-order valence-electron chi connectivity index (χ2n) is 5.90. The lowest BCUT2D eigenvalue weighted by Crippen LogP contribution is -2.25. The molecule has 0 aliphatic carbocycles. The normalized spacial score (nSPS) is 15.4. The Labute approximate surface area is 128 Å². The van der Waals surface area contributed by atoms with Gasteiger partial charge in [0.1, 0.15) is 11.4 Å². The van der Waals surface area contributed by atoms with E-state index in [1.165, 1.54) is 11.6 Å². The summed E-state index contributed by atoms with van der Waals surface area (Å²) in [5.74, 6) is 0.491. The van der Waals surface area contributed by atoms with Crippen molar-refractivity contribution in [3.8, 4) is 5.75 Å². The first-order valence-corrected chi connectivity index (χ1v) is 7.32. The first-order valence-electron chi connectivity index (χ1n) is 6.94. The number of halogens is 2. The van der Waals surface area contributed by atoms with Crippen LogP contribution in [-0.2, 0) is 13.0 Å². The van der Waals surface area contributed by atoms with E-state index in [1.54, 1.807) is 12.1 Å². The molecule has 4 heteroatoms. The van der Waals surface area contributed by atoms with Crippen molar-refractivity contribution in [2.24, 2.45) is 0 Å². The van der Waals surface area contributed by atoms with Gasteiger partial charge in [0.15, 0.2) is 5.82 Å². The summed E-state index contributed by atoms with van der Waals surface area (Å²) in [6.07, 6.45) is 0.891. The molecule has 0 bridgehead atoms. The SMILES string of the molecule is CC1(C)Cc2cccc(CNc3cccc(Cl)c3F)c2O1. The van der Waals surface area contributed by atoms with Crippen molar-refractivity contribution in [3.63, 3.8) is 0 Å². The van der Waals surface area contributed by atoms with Crippen LogP contribution in [-0.4, -0.2) is 5.60 Å². The zero-order valence-corrected chi connectivity index (χ0v) is 12.8. The molecule has 1 aliphatic rings. The number of rotatable bonds is 3. The Morgan fingerprint density at radius 1 is 1.24 bits per heavy atom. The lowest BCUT2D eigenvalue weighted by molar-refractivity contribution is 0.137. The van der Waals surface area contributed by atoms with E-state index in [1.807, 2.05) is 12.1 Å². The number of anilines is 1. The van der Waals surface area contributed by atoms with Crippen molar-refractivity contribution >= 4 is 17.3 Å². The van der Waals surface area contributed by atoms with Gasteiger partial charge >= 0.3 is 0 Å². The summed E-state index contributed by atoms with van der Waals surface area (Å²) in [6, 6.07) is 11.0. The Morgan fingerprint density at radius 2 is 2.00 bits per heavy atom. The van der Waals surface area contributed by atoms with Crippen molar-refractivity contribution < 1.29 is 9.13 Å². The monoisotopic (exact) mass is 305 g/mol. The Hall–Kier alpha value is -1.74. The van der Waals surface area contributed by atoms with Crippen molar-refractivity contribution in [2.75, 3.05) is 5.32 Å². The van der Waals surface area contributed by atoms with Crippen LogP contribution in [0.1, 0.15) is 25.0 Å². The Balaban J connectivity index is 1.82. The maximum Gasteiger partial charge on any atom is 0.164 e. The standard InChI is InChI=1S/C17H17ClFNO/c1-17(2)9-11-5-3-6-12(16(11)21-17)10-20-14-8-4-7-13(18)15(14)19/h3-8,20H,9-10H2,1-2H3.